The van der Waals surface area contributed by atoms with Gasteiger partial charge < -0.3 is 0 Å². The van der Waals surface area contributed by atoms with Crippen molar-refractivity contribution in [2.24, 2.45) is 10.1 Å². The van der Waals surface area contributed by atoms with Crippen molar-refractivity contribution in [1.29, 1.82) is 0 Å². The van der Waals surface area contributed by atoms with Gasteiger partial charge in [0.05, 0.1) is 14.1 Å². The first-order valence-corrected chi connectivity index (χ1v) is 4.09. The Balaban J connectivity index is 3.89. The Morgan fingerprint density at radius 1 is 1.27 bits per heavy atom. The van der Waals surface area contributed by atoms with E-state index in [1.54, 1.807) is 0 Å². The highest BCUT2D eigenvalue weighted by Gasteiger charge is 2.07. The fourth-order valence-electron chi connectivity index (χ4n) is 0.385. The average molecular weight is 156 g/mol. The summed E-state index contributed by atoms with van der Waals surface area (Å²) in [6, 6.07) is 2.70. The smallest absolute Gasteiger partial charge is 0.153 e. The van der Waals surface area contributed by atoms with Crippen LogP contribution in [0.3, 0.4) is 0 Å². The second-order valence-electron chi connectivity index (χ2n) is 3.02. The molecular formula is C8H18N3+. The minimum Gasteiger partial charge on any atom is -0.221 e. The van der Waals surface area contributed by atoms with Gasteiger partial charge in [-0.15, -0.1) is 0 Å². The molecule has 0 spiro atoms. The van der Waals surface area contributed by atoms with Crippen LogP contribution in [0.5, 0.6) is 0 Å². The largest absolute Gasteiger partial charge is 0.221 e. The Labute approximate surface area is 69.0 Å². The van der Waals surface area contributed by atoms with Gasteiger partial charge in [-0.2, -0.15) is 4.59 Å². The van der Waals surface area contributed by atoms with Crippen LogP contribution in [-0.4, -0.2) is 37.8 Å². The second-order valence-corrected chi connectivity index (χ2v) is 3.02. The van der Waals surface area contributed by atoms with Crippen molar-refractivity contribution in [2.75, 3.05) is 27.2 Å². The average Bonchev–Trinajstić information content (AvgIpc) is 1.99. The molecule has 0 N–H and O–H groups in total. The van der Waals surface area contributed by atoms with Gasteiger partial charge in [-0.25, -0.2) is 4.99 Å². The van der Waals surface area contributed by atoms with E-state index in [-0.39, 0.29) is 0 Å². The molecular weight excluding hydrogens is 138 g/mol. The maximum atomic E-state index is 4.13. The number of aliphatic imine (C=N–C) groups is 1. The predicted octanol–water partition coefficient (Wildman–Crippen LogP) is 1.58. The van der Waals surface area contributed by atoms with Crippen molar-refractivity contribution >= 4 is 6.01 Å². The van der Waals surface area contributed by atoms with Gasteiger partial charge in [0.25, 0.3) is 0 Å². The molecule has 3 nitrogen and oxygen atoms in total. The normalized spacial score (nSPS) is 10.5. The van der Waals surface area contributed by atoms with E-state index in [4.69, 9.17) is 0 Å². The predicted molar refractivity (Wildman–Crippen MR) is 47.7 cm³/mol. The molecule has 0 aliphatic heterocycles. The van der Waals surface area contributed by atoms with Crippen LogP contribution in [0.1, 0.15) is 20.3 Å². The molecule has 0 rings (SSSR count). The molecule has 0 aromatic carbocycles. The standard InChI is InChI=1S/C8H18N3/c1-5-7-9-8-10-11(3,4)6-2/h5-7H2,1-4H3/q+1. The van der Waals surface area contributed by atoms with Crippen molar-refractivity contribution in [2.45, 2.75) is 20.3 Å². The second kappa shape index (κ2) is 5.05. The Hall–Kier alpha value is -0.660. The van der Waals surface area contributed by atoms with Gasteiger partial charge in [-0.05, 0) is 18.4 Å². The van der Waals surface area contributed by atoms with E-state index >= 15 is 0 Å². The molecule has 0 amide bonds. The lowest BCUT2D eigenvalue weighted by Gasteiger charge is -2.16. The van der Waals surface area contributed by atoms with E-state index < -0.39 is 0 Å². The molecule has 0 saturated heterocycles. The zero-order chi connectivity index (χ0) is 8.74. The molecule has 64 valence electrons. The van der Waals surface area contributed by atoms with Gasteiger partial charge in [0, 0.05) is 6.54 Å². The minimum absolute atomic E-state index is 0.604. The van der Waals surface area contributed by atoms with E-state index in [0.29, 0.717) is 4.59 Å². The van der Waals surface area contributed by atoms with Crippen molar-refractivity contribution in [3.8, 4) is 0 Å². The summed E-state index contributed by atoms with van der Waals surface area (Å²) in [5, 5.41) is 4.13. The van der Waals surface area contributed by atoms with Crippen molar-refractivity contribution < 1.29 is 4.59 Å². The molecule has 3 heteroatoms. The molecule has 0 aliphatic rings. The highest BCUT2D eigenvalue weighted by atomic mass is 15.6. The Morgan fingerprint density at radius 2 is 1.91 bits per heavy atom. The molecule has 0 fully saturated rings. The molecule has 11 heavy (non-hydrogen) atoms. The molecule has 0 radical (unpaired) electrons. The highest BCUT2D eigenvalue weighted by molar-refractivity contribution is 5.39. The molecule has 0 atom stereocenters. The van der Waals surface area contributed by atoms with Crippen molar-refractivity contribution in [3.05, 3.63) is 0 Å². The SMILES string of the molecule is CCCN=C=N[N+](C)(C)CC. The topological polar surface area (TPSA) is 24.7 Å². The van der Waals surface area contributed by atoms with Gasteiger partial charge >= 0.3 is 0 Å². The molecule has 0 saturated carbocycles. The fraction of sp³-hybridized carbons (Fsp3) is 0.875. The molecule has 0 aromatic heterocycles. The maximum absolute atomic E-state index is 4.13. The zero-order valence-electron chi connectivity index (χ0n) is 7.96. The van der Waals surface area contributed by atoms with Gasteiger partial charge in [-0.1, -0.05) is 6.92 Å². The van der Waals surface area contributed by atoms with Crippen LogP contribution >= 0.6 is 0 Å². The first-order chi connectivity index (χ1) is 5.12. The molecule has 0 aliphatic carbocycles. The van der Waals surface area contributed by atoms with Crippen LogP contribution in [0, 0.1) is 0 Å². The quantitative estimate of drug-likeness (QED) is 0.335. The summed E-state index contributed by atoms with van der Waals surface area (Å²) in [6.45, 7) is 5.97. The third-order valence-electron chi connectivity index (χ3n) is 1.50. The van der Waals surface area contributed by atoms with Crippen molar-refractivity contribution in [3.63, 3.8) is 0 Å². The third-order valence-corrected chi connectivity index (χ3v) is 1.50. The van der Waals surface area contributed by atoms with Gasteiger partial charge in [0.1, 0.15) is 6.54 Å². The van der Waals surface area contributed by atoms with E-state index in [9.17, 15) is 0 Å². The van der Waals surface area contributed by atoms with Crippen LogP contribution in [-0.2, 0) is 0 Å². The van der Waals surface area contributed by atoms with Crippen LogP contribution < -0.4 is 0 Å². The summed E-state index contributed by atoms with van der Waals surface area (Å²) in [7, 11) is 4.04. The summed E-state index contributed by atoms with van der Waals surface area (Å²) in [6.07, 6.45) is 1.06. The monoisotopic (exact) mass is 156 g/mol. The van der Waals surface area contributed by atoms with Crippen LogP contribution in [0.25, 0.3) is 0 Å². The lowest BCUT2D eigenvalue weighted by molar-refractivity contribution is -0.894. The van der Waals surface area contributed by atoms with E-state index in [1.165, 1.54) is 0 Å². The number of hydrogen-bond acceptors (Lipinski definition) is 2. The zero-order valence-corrected chi connectivity index (χ0v) is 7.96. The lowest BCUT2D eigenvalue weighted by atomic mass is 10.5. The summed E-state index contributed by atoms with van der Waals surface area (Å²) in [5.41, 5.74) is 0. The number of rotatable bonds is 4. The molecule has 0 bridgehead atoms. The van der Waals surface area contributed by atoms with Gasteiger partial charge in [-0.3, -0.25) is 0 Å². The third kappa shape index (κ3) is 5.77. The fourth-order valence-corrected chi connectivity index (χ4v) is 0.385. The number of quaternary nitrogens is 1. The van der Waals surface area contributed by atoms with Crippen molar-refractivity contribution in [1.82, 2.24) is 0 Å². The number of hydrogen-bond donors (Lipinski definition) is 0. The summed E-state index contributed by atoms with van der Waals surface area (Å²) in [5.74, 6) is 0. The minimum atomic E-state index is 0.604. The van der Waals surface area contributed by atoms with Crippen LogP contribution in [0.4, 0.5) is 0 Å². The highest BCUT2D eigenvalue weighted by Crippen LogP contribution is 1.93. The van der Waals surface area contributed by atoms with Crippen LogP contribution in [0.2, 0.25) is 0 Å². The number of nitrogens with zero attached hydrogens (tertiary/aromatic N) is 3. The van der Waals surface area contributed by atoms with Gasteiger partial charge in [0.2, 0.25) is 0 Å². The molecule has 0 unspecified atom stereocenters. The first kappa shape index (κ1) is 10.3. The Bertz CT molecular complexity index is 155. The van der Waals surface area contributed by atoms with E-state index in [1.807, 2.05) is 14.1 Å². The summed E-state index contributed by atoms with van der Waals surface area (Å²) < 4.78 is 0.604. The molecule has 0 heterocycles. The van der Waals surface area contributed by atoms with E-state index in [2.05, 4.69) is 29.9 Å². The Morgan fingerprint density at radius 3 is 2.36 bits per heavy atom. The summed E-state index contributed by atoms with van der Waals surface area (Å²) >= 11 is 0. The lowest BCUT2D eigenvalue weighted by Crippen LogP contribution is -2.32. The maximum Gasteiger partial charge on any atom is 0.153 e. The first-order valence-electron chi connectivity index (χ1n) is 4.09. The van der Waals surface area contributed by atoms with E-state index in [0.717, 1.165) is 19.5 Å². The van der Waals surface area contributed by atoms with Gasteiger partial charge in [0.15, 0.2) is 6.01 Å². The summed E-state index contributed by atoms with van der Waals surface area (Å²) in [4.78, 5) is 3.99. The van der Waals surface area contributed by atoms with Crippen LogP contribution in [0.15, 0.2) is 10.1 Å². The Kier molecular flexibility index (Phi) is 4.75. The molecule has 0 aromatic rings.